The largest absolute Gasteiger partial charge is 0.489 e. The number of aryl methyl sites for hydroxylation is 1. The van der Waals surface area contributed by atoms with E-state index in [1.165, 1.54) is 0 Å². The molecule has 0 radical (unpaired) electrons. The van der Waals surface area contributed by atoms with Gasteiger partial charge in [0.25, 0.3) is 5.91 Å². The minimum atomic E-state index is -0.0412. The van der Waals surface area contributed by atoms with Crippen LogP contribution in [0.25, 0.3) is 5.65 Å². The van der Waals surface area contributed by atoms with Gasteiger partial charge in [-0.2, -0.15) is 5.10 Å². The average Bonchev–Trinajstić information content (AvgIpc) is 3.22. The molecule has 1 fully saturated rings. The van der Waals surface area contributed by atoms with Crippen molar-refractivity contribution in [2.24, 2.45) is 0 Å². The number of fused-ring (bicyclic) bond motifs is 1. The van der Waals surface area contributed by atoms with E-state index in [1.54, 1.807) is 16.9 Å². The first-order valence-electron chi connectivity index (χ1n) is 8.02. The van der Waals surface area contributed by atoms with Crippen molar-refractivity contribution in [3.05, 3.63) is 60.0 Å². The van der Waals surface area contributed by atoms with Gasteiger partial charge in [-0.3, -0.25) is 4.79 Å². The van der Waals surface area contributed by atoms with Crippen molar-refractivity contribution < 1.29 is 9.53 Å². The fourth-order valence-corrected chi connectivity index (χ4v) is 2.99. The maximum Gasteiger partial charge on any atom is 0.259 e. The lowest BCUT2D eigenvalue weighted by molar-refractivity contribution is 0.0774. The summed E-state index contributed by atoms with van der Waals surface area (Å²) in [6.07, 6.45) is 6.05. The highest BCUT2D eigenvalue weighted by molar-refractivity contribution is 5.99. The molecule has 0 N–H and O–H groups in total. The molecule has 0 saturated carbocycles. The molecule has 6 nitrogen and oxygen atoms in total. The highest BCUT2D eigenvalue weighted by Crippen LogP contribution is 2.20. The Morgan fingerprint density at radius 3 is 2.92 bits per heavy atom. The number of hydrogen-bond acceptors (Lipinski definition) is 4. The number of rotatable bonds is 3. The smallest absolute Gasteiger partial charge is 0.259 e. The van der Waals surface area contributed by atoms with Gasteiger partial charge in [0.2, 0.25) is 0 Å². The van der Waals surface area contributed by atoms with Crippen molar-refractivity contribution in [1.82, 2.24) is 19.5 Å². The lowest BCUT2D eigenvalue weighted by Crippen LogP contribution is -2.31. The SMILES string of the molecule is Cc1cnc2c(C(=O)N3CCC(Oc4ccccc4)C3)cnn2c1. The Balaban J connectivity index is 1.49. The van der Waals surface area contributed by atoms with E-state index in [4.69, 9.17) is 4.74 Å². The first-order valence-corrected chi connectivity index (χ1v) is 8.02. The topological polar surface area (TPSA) is 59.7 Å². The Kier molecular flexibility index (Phi) is 3.65. The number of carbonyl (C=O) groups excluding carboxylic acids is 1. The van der Waals surface area contributed by atoms with Crippen LogP contribution in [0, 0.1) is 6.92 Å². The van der Waals surface area contributed by atoms with Crippen LogP contribution >= 0.6 is 0 Å². The molecule has 6 heteroatoms. The van der Waals surface area contributed by atoms with Gasteiger partial charge in [0, 0.05) is 25.4 Å². The van der Waals surface area contributed by atoms with Crippen molar-refractivity contribution in [2.75, 3.05) is 13.1 Å². The number of likely N-dealkylation sites (tertiary alicyclic amines) is 1. The molecule has 3 heterocycles. The van der Waals surface area contributed by atoms with E-state index in [0.29, 0.717) is 24.3 Å². The van der Waals surface area contributed by atoms with E-state index in [0.717, 1.165) is 17.7 Å². The monoisotopic (exact) mass is 322 g/mol. The van der Waals surface area contributed by atoms with Gasteiger partial charge in [-0.1, -0.05) is 18.2 Å². The molecule has 0 aliphatic carbocycles. The van der Waals surface area contributed by atoms with Crippen LogP contribution in [-0.4, -0.2) is 44.6 Å². The van der Waals surface area contributed by atoms with Gasteiger partial charge in [-0.25, -0.2) is 9.50 Å². The number of aromatic nitrogens is 3. The van der Waals surface area contributed by atoms with Gasteiger partial charge < -0.3 is 9.64 Å². The molecule has 0 bridgehead atoms. The molecule has 3 aromatic rings. The first-order chi connectivity index (χ1) is 11.7. The summed E-state index contributed by atoms with van der Waals surface area (Å²) >= 11 is 0. The molecular formula is C18H18N4O2. The van der Waals surface area contributed by atoms with Crippen molar-refractivity contribution in [2.45, 2.75) is 19.4 Å². The third-order valence-corrected chi connectivity index (χ3v) is 4.19. The minimum absolute atomic E-state index is 0.0217. The summed E-state index contributed by atoms with van der Waals surface area (Å²) in [4.78, 5) is 18.9. The lowest BCUT2D eigenvalue weighted by Gasteiger charge is -2.16. The van der Waals surface area contributed by atoms with E-state index in [2.05, 4.69) is 10.1 Å². The number of carbonyl (C=O) groups is 1. The Morgan fingerprint density at radius 1 is 1.25 bits per heavy atom. The highest BCUT2D eigenvalue weighted by atomic mass is 16.5. The molecular weight excluding hydrogens is 304 g/mol. The van der Waals surface area contributed by atoms with Crippen molar-refractivity contribution in [1.29, 1.82) is 0 Å². The fourth-order valence-electron chi connectivity index (χ4n) is 2.99. The summed E-state index contributed by atoms with van der Waals surface area (Å²) in [5, 5.41) is 4.23. The molecule has 4 rings (SSSR count). The number of para-hydroxylation sites is 1. The quantitative estimate of drug-likeness (QED) is 0.742. The number of benzene rings is 1. The Hall–Kier alpha value is -2.89. The van der Waals surface area contributed by atoms with Crippen LogP contribution in [0.2, 0.25) is 0 Å². The summed E-state index contributed by atoms with van der Waals surface area (Å²) in [6.45, 7) is 3.21. The maximum atomic E-state index is 12.8. The number of amides is 1. The highest BCUT2D eigenvalue weighted by Gasteiger charge is 2.30. The Morgan fingerprint density at radius 2 is 2.08 bits per heavy atom. The van der Waals surface area contributed by atoms with Gasteiger partial charge in [-0.05, 0) is 24.6 Å². The standard InChI is InChI=1S/C18H18N4O2/c1-13-9-19-17-16(10-20-22(17)11-13)18(23)21-8-7-15(12-21)24-14-5-3-2-4-6-14/h2-6,9-11,15H,7-8,12H2,1H3. The van der Waals surface area contributed by atoms with E-state index < -0.39 is 0 Å². The van der Waals surface area contributed by atoms with Gasteiger partial charge in [0.15, 0.2) is 5.65 Å². The molecule has 1 aliphatic rings. The van der Waals surface area contributed by atoms with Gasteiger partial charge in [-0.15, -0.1) is 0 Å². The molecule has 0 spiro atoms. The van der Waals surface area contributed by atoms with Crippen LogP contribution in [0.3, 0.4) is 0 Å². The zero-order valence-corrected chi connectivity index (χ0v) is 13.4. The Labute approximate surface area is 139 Å². The predicted octanol–water partition coefficient (Wildman–Crippen LogP) is 2.33. The van der Waals surface area contributed by atoms with Crippen LogP contribution in [0.15, 0.2) is 48.9 Å². The van der Waals surface area contributed by atoms with Crippen LogP contribution in [0.4, 0.5) is 0 Å². The fraction of sp³-hybridized carbons (Fsp3) is 0.278. The summed E-state index contributed by atoms with van der Waals surface area (Å²) in [7, 11) is 0. The number of hydrogen-bond donors (Lipinski definition) is 0. The molecule has 1 aliphatic heterocycles. The molecule has 1 saturated heterocycles. The average molecular weight is 322 g/mol. The van der Waals surface area contributed by atoms with E-state index in [9.17, 15) is 4.79 Å². The second kappa shape index (κ2) is 5.96. The third kappa shape index (κ3) is 2.71. The van der Waals surface area contributed by atoms with Crippen molar-refractivity contribution in [3.63, 3.8) is 0 Å². The van der Waals surface area contributed by atoms with E-state index >= 15 is 0 Å². The predicted molar refractivity (Wildman–Crippen MR) is 89.1 cm³/mol. The molecule has 24 heavy (non-hydrogen) atoms. The van der Waals surface area contributed by atoms with E-state index in [1.807, 2.05) is 48.4 Å². The lowest BCUT2D eigenvalue weighted by atomic mass is 10.3. The number of nitrogens with zero attached hydrogens (tertiary/aromatic N) is 4. The molecule has 1 amide bonds. The third-order valence-electron chi connectivity index (χ3n) is 4.19. The second-order valence-corrected chi connectivity index (χ2v) is 6.05. The molecule has 1 atom stereocenters. The Bertz CT molecular complexity index is 875. The van der Waals surface area contributed by atoms with Crippen molar-refractivity contribution in [3.8, 4) is 5.75 Å². The summed E-state index contributed by atoms with van der Waals surface area (Å²) in [6, 6.07) is 9.71. The molecule has 1 aromatic carbocycles. The second-order valence-electron chi connectivity index (χ2n) is 6.05. The molecule has 122 valence electrons. The van der Waals surface area contributed by atoms with Gasteiger partial charge in [0.05, 0.1) is 12.7 Å². The summed E-state index contributed by atoms with van der Waals surface area (Å²) in [5.74, 6) is 0.797. The maximum absolute atomic E-state index is 12.8. The summed E-state index contributed by atoms with van der Waals surface area (Å²) < 4.78 is 7.60. The first kappa shape index (κ1) is 14.7. The van der Waals surface area contributed by atoms with Crippen molar-refractivity contribution >= 4 is 11.6 Å². The van der Waals surface area contributed by atoms with Gasteiger partial charge >= 0.3 is 0 Å². The number of ether oxygens (including phenoxy) is 1. The zero-order chi connectivity index (χ0) is 16.5. The molecule has 1 unspecified atom stereocenters. The molecule has 2 aromatic heterocycles. The zero-order valence-electron chi connectivity index (χ0n) is 13.4. The van der Waals surface area contributed by atoms with Crippen LogP contribution in [-0.2, 0) is 0 Å². The van der Waals surface area contributed by atoms with E-state index in [-0.39, 0.29) is 12.0 Å². The van der Waals surface area contributed by atoms with Crippen LogP contribution < -0.4 is 4.74 Å². The van der Waals surface area contributed by atoms with Crippen LogP contribution in [0.5, 0.6) is 5.75 Å². The summed E-state index contributed by atoms with van der Waals surface area (Å²) in [5.41, 5.74) is 2.13. The normalized spacial score (nSPS) is 17.4. The van der Waals surface area contributed by atoms with Gasteiger partial charge in [0.1, 0.15) is 17.4 Å². The minimum Gasteiger partial charge on any atom is -0.489 e. The van der Waals surface area contributed by atoms with Crippen LogP contribution in [0.1, 0.15) is 22.3 Å².